The molecule has 52 heavy (non-hydrogen) atoms. The number of nitrogens with zero attached hydrogens (tertiary/aromatic N) is 1. The first-order valence-corrected chi connectivity index (χ1v) is 21.0. The van der Waals surface area contributed by atoms with Crippen molar-refractivity contribution in [1.29, 1.82) is 0 Å². The maximum Gasteiger partial charge on any atom is 0.362 e. The minimum absolute atomic E-state index is 0.0477. The zero-order valence-corrected chi connectivity index (χ0v) is 34.3. The molecule has 302 valence electrons. The van der Waals surface area contributed by atoms with Gasteiger partial charge >= 0.3 is 17.9 Å². The molecule has 8 nitrogen and oxygen atoms in total. The molecular formula is C44H80NO7+. The van der Waals surface area contributed by atoms with E-state index in [1.807, 2.05) is 21.1 Å². The first-order chi connectivity index (χ1) is 25.1. The molecule has 0 aromatic carbocycles. The summed E-state index contributed by atoms with van der Waals surface area (Å²) in [5, 5.41) is 9.60. The van der Waals surface area contributed by atoms with Crippen molar-refractivity contribution in [2.45, 2.75) is 187 Å². The van der Waals surface area contributed by atoms with Crippen LogP contribution in [0.2, 0.25) is 0 Å². The van der Waals surface area contributed by atoms with Crippen molar-refractivity contribution in [1.82, 2.24) is 0 Å². The minimum Gasteiger partial charge on any atom is -0.477 e. The molecule has 0 heterocycles. The Hall–Kier alpha value is -2.45. The molecule has 2 atom stereocenters. The number of unbranched alkanes of at least 4 members (excludes halogenated alkanes) is 17. The van der Waals surface area contributed by atoms with E-state index in [-0.39, 0.29) is 42.7 Å². The summed E-state index contributed by atoms with van der Waals surface area (Å²) < 4.78 is 17.2. The normalized spacial score (nSPS) is 13.3. The number of ether oxygens (including phenoxy) is 3. The average molecular weight is 735 g/mol. The molecule has 0 aliphatic heterocycles. The third-order valence-electron chi connectivity index (χ3n) is 9.30. The van der Waals surface area contributed by atoms with Crippen molar-refractivity contribution < 1.29 is 38.2 Å². The Labute approximate surface area is 319 Å². The highest BCUT2D eigenvalue weighted by Gasteiger charge is 2.31. The summed E-state index contributed by atoms with van der Waals surface area (Å²) >= 11 is 0. The smallest absolute Gasteiger partial charge is 0.362 e. The Balaban J connectivity index is 4.37. The van der Waals surface area contributed by atoms with E-state index in [4.69, 9.17) is 14.2 Å². The van der Waals surface area contributed by atoms with Gasteiger partial charge in [-0.1, -0.05) is 147 Å². The summed E-state index contributed by atoms with van der Waals surface area (Å²) in [7, 11) is 5.51. The molecule has 8 heteroatoms. The second kappa shape index (κ2) is 35.6. The number of aliphatic carboxylic acids is 1. The maximum atomic E-state index is 12.6. The van der Waals surface area contributed by atoms with Gasteiger partial charge in [0, 0.05) is 19.3 Å². The van der Waals surface area contributed by atoms with Crippen LogP contribution < -0.4 is 0 Å². The van der Waals surface area contributed by atoms with Gasteiger partial charge in [-0.2, -0.15) is 0 Å². The van der Waals surface area contributed by atoms with Gasteiger partial charge in [-0.25, -0.2) is 4.79 Å². The molecule has 0 rings (SSSR count). The van der Waals surface area contributed by atoms with Crippen LogP contribution in [0.3, 0.4) is 0 Å². The molecule has 0 saturated carbocycles. The molecule has 1 N–H and O–H groups in total. The van der Waals surface area contributed by atoms with Crippen LogP contribution >= 0.6 is 0 Å². The van der Waals surface area contributed by atoms with E-state index in [2.05, 4.69) is 50.3 Å². The number of rotatable bonds is 37. The van der Waals surface area contributed by atoms with Crippen molar-refractivity contribution in [2.75, 3.05) is 41.0 Å². The van der Waals surface area contributed by atoms with Crippen LogP contribution in [0.25, 0.3) is 0 Å². The summed E-state index contributed by atoms with van der Waals surface area (Å²) in [5.41, 5.74) is 0. The monoisotopic (exact) mass is 735 g/mol. The van der Waals surface area contributed by atoms with Crippen molar-refractivity contribution in [3.63, 3.8) is 0 Å². The fraction of sp³-hybridized carbons (Fsp3) is 0.795. The molecule has 0 saturated heterocycles. The molecule has 2 unspecified atom stereocenters. The van der Waals surface area contributed by atoms with Crippen LogP contribution in [0.4, 0.5) is 0 Å². The first-order valence-electron chi connectivity index (χ1n) is 21.0. The SMILES string of the molecule is CC/C=C/C/C=C/C/C=C/CCCCC(=O)OC(COCCC(C(=O)O)[N+](C)(C)C)COC(=O)CCCCCCCCCCCCCCCCCC. The zero-order chi connectivity index (χ0) is 38.5. The summed E-state index contributed by atoms with van der Waals surface area (Å²) in [6.07, 6.45) is 39.1. The summed E-state index contributed by atoms with van der Waals surface area (Å²) in [5.74, 6) is -1.51. The molecule has 0 aliphatic carbocycles. The van der Waals surface area contributed by atoms with Gasteiger partial charge in [-0.3, -0.25) is 9.59 Å². The number of carboxylic acid groups (broad SMARTS) is 1. The maximum absolute atomic E-state index is 12.6. The third kappa shape index (κ3) is 33.4. The van der Waals surface area contributed by atoms with Crippen LogP contribution in [0.1, 0.15) is 174 Å². The lowest BCUT2D eigenvalue weighted by Gasteiger charge is -2.31. The van der Waals surface area contributed by atoms with E-state index in [0.29, 0.717) is 19.3 Å². The van der Waals surface area contributed by atoms with Gasteiger partial charge in [0.15, 0.2) is 12.1 Å². The number of hydrogen-bond acceptors (Lipinski definition) is 6. The number of esters is 2. The van der Waals surface area contributed by atoms with E-state index in [0.717, 1.165) is 51.4 Å². The minimum atomic E-state index is -0.881. The molecule has 0 fully saturated rings. The summed E-state index contributed by atoms with van der Waals surface area (Å²) in [6.45, 7) is 4.58. The van der Waals surface area contributed by atoms with Crippen molar-refractivity contribution >= 4 is 17.9 Å². The van der Waals surface area contributed by atoms with Gasteiger partial charge in [-0.05, 0) is 44.9 Å². The van der Waals surface area contributed by atoms with Gasteiger partial charge in [0.05, 0.1) is 34.4 Å². The Morgan fingerprint density at radius 3 is 1.60 bits per heavy atom. The van der Waals surface area contributed by atoms with E-state index in [9.17, 15) is 19.5 Å². The Morgan fingerprint density at radius 2 is 1.08 bits per heavy atom. The number of carboxylic acids is 1. The van der Waals surface area contributed by atoms with Crippen LogP contribution in [-0.2, 0) is 28.6 Å². The fourth-order valence-electron chi connectivity index (χ4n) is 6.05. The van der Waals surface area contributed by atoms with Gasteiger partial charge in [0.25, 0.3) is 0 Å². The molecule has 0 radical (unpaired) electrons. The highest BCUT2D eigenvalue weighted by atomic mass is 16.6. The lowest BCUT2D eigenvalue weighted by molar-refractivity contribution is -0.887. The number of hydrogen-bond donors (Lipinski definition) is 1. The van der Waals surface area contributed by atoms with Crippen LogP contribution in [-0.4, -0.2) is 80.6 Å². The number of carbonyl (C=O) groups is 3. The van der Waals surface area contributed by atoms with Gasteiger partial charge in [0.2, 0.25) is 0 Å². The lowest BCUT2D eigenvalue weighted by atomic mass is 10.0. The summed E-state index contributed by atoms with van der Waals surface area (Å²) in [4.78, 5) is 36.8. The molecule has 0 aliphatic rings. The van der Waals surface area contributed by atoms with Crippen molar-refractivity contribution in [2.24, 2.45) is 0 Å². The van der Waals surface area contributed by atoms with Gasteiger partial charge in [0.1, 0.15) is 6.61 Å². The van der Waals surface area contributed by atoms with E-state index in [1.165, 1.54) is 83.5 Å². The average Bonchev–Trinajstić information content (AvgIpc) is 3.09. The number of allylic oxidation sites excluding steroid dienone is 6. The molecule has 0 aromatic heterocycles. The Bertz CT molecular complexity index is 953. The molecule has 0 bridgehead atoms. The zero-order valence-electron chi connectivity index (χ0n) is 34.3. The highest BCUT2D eigenvalue weighted by Crippen LogP contribution is 2.15. The van der Waals surface area contributed by atoms with E-state index in [1.54, 1.807) is 0 Å². The Kier molecular flexibility index (Phi) is 33.9. The van der Waals surface area contributed by atoms with Gasteiger partial charge < -0.3 is 23.8 Å². The van der Waals surface area contributed by atoms with Gasteiger partial charge in [-0.15, -0.1) is 0 Å². The van der Waals surface area contributed by atoms with Crippen molar-refractivity contribution in [3.05, 3.63) is 36.5 Å². The molecule has 0 spiro atoms. The number of carbonyl (C=O) groups excluding carboxylic acids is 2. The first kappa shape index (κ1) is 49.6. The van der Waals surface area contributed by atoms with Crippen LogP contribution in [0.15, 0.2) is 36.5 Å². The molecule has 0 amide bonds. The van der Waals surface area contributed by atoms with E-state index >= 15 is 0 Å². The van der Waals surface area contributed by atoms with E-state index < -0.39 is 18.1 Å². The quantitative estimate of drug-likeness (QED) is 0.0293. The summed E-state index contributed by atoms with van der Waals surface area (Å²) in [6, 6.07) is -0.619. The predicted molar refractivity (Wildman–Crippen MR) is 215 cm³/mol. The molecular weight excluding hydrogens is 654 g/mol. The topological polar surface area (TPSA) is 99.1 Å². The molecule has 0 aromatic rings. The second-order valence-electron chi connectivity index (χ2n) is 15.2. The van der Waals surface area contributed by atoms with Crippen molar-refractivity contribution in [3.8, 4) is 0 Å². The number of quaternary nitrogens is 1. The fourth-order valence-corrected chi connectivity index (χ4v) is 6.05. The largest absolute Gasteiger partial charge is 0.477 e. The standard InChI is InChI=1S/C44H79NO7/c1-6-8-10-12-14-16-18-20-21-22-23-25-26-28-30-32-34-42(46)51-39-40(38-50-37-36-41(44(48)49)45(3,4)5)52-43(47)35-33-31-29-27-24-19-17-15-13-11-9-7-2/h9,11,15,17,24,27,40-41H,6-8,10,12-14,16,18-23,25-26,28-39H2,1-5H3/p+1/b11-9+,17-15+,27-24+. The van der Waals surface area contributed by atoms with Crippen LogP contribution in [0, 0.1) is 0 Å². The van der Waals surface area contributed by atoms with Crippen LogP contribution in [0.5, 0.6) is 0 Å². The number of likely N-dealkylation sites (N-methyl/N-ethyl adjacent to an activating group) is 1. The lowest BCUT2D eigenvalue weighted by Crippen LogP contribution is -2.50. The third-order valence-corrected chi connectivity index (χ3v) is 9.30. The predicted octanol–water partition coefficient (Wildman–Crippen LogP) is 11.1. The Morgan fingerprint density at radius 1 is 0.596 bits per heavy atom. The second-order valence-corrected chi connectivity index (χ2v) is 15.2. The highest BCUT2D eigenvalue weighted by molar-refractivity contribution is 5.72.